The molecule has 0 aliphatic heterocycles. The van der Waals surface area contributed by atoms with E-state index < -0.39 is 5.97 Å². The number of carboxylic acid groups (broad SMARTS) is 1. The predicted molar refractivity (Wildman–Crippen MR) is 90.3 cm³/mol. The molecule has 0 saturated heterocycles. The Balaban J connectivity index is 2.37. The van der Waals surface area contributed by atoms with Gasteiger partial charge in [-0.2, -0.15) is 0 Å². The molecule has 1 amide bonds. The van der Waals surface area contributed by atoms with Gasteiger partial charge in [0.2, 0.25) is 5.91 Å². The second kappa shape index (κ2) is 9.63. The molecule has 1 aromatic rings. The van der Waals surface area contributed by atoms with Gasteiger partial charge in [-0.3, -0.25) is 9.59 Å². The number of amides is 1. The van der Waals surface area contributed by atoms with Crippen LogP contribution in [0.2, 0.25) is 10.0 Å². The van der Waals surface area contributed by atoms with Crippen LogP contribution in [0.25, 0.3) is 0 Å². The van der Waals surface area contributed by atoms with E-state index in [2.05, 4.69) is 0 Å². The lowest BCUT2D eigenvalue weighted by Gasteiger charge is -2.22. The van der Waals surface area contributed by atoms with Crippen molar-refractivity contribution in [1.82, 2.24) is 4.90 Å². The fraction of sp³-hybridized carbons (Fsp3) is 0.500. The Morgan fingerprint density at radius 1 is 1.22 bits per heavy atom. The van der Waals surface area contributed by atoms with Crippen molar-refractivity contribution in [2.45, 2.75) is 38.7 Å². The largest absolute Gasteiger partial charge is 0.489 e. The van der Waals surface area contributed by atoms with Gasteiger partial charge in [0.1, 0.15) is 11.9 Å². The Morgan fingerprint density at radius 2 is 1.87 bits per heavy atom. The summed E-state index contributed by atoms with van der Waals surface area (Å²) < 4.78 is 5.71. The molecule has 0 bridgehead atoms. The Kier molecular flexibility index (Phi) is 8.20. The van der Waals surface area contributed by atoms with Crippen molar-refractivity contribution in [3.05, 3.63) is 28.2 Å². The zero-order valence-corrected chi connectivity index (χ0v) is 14.7. The highest BCUT2D eigenvalue weighted by atomic mass is 35.5. The standard InChI is InChI=1S/C16H21Cl2NO4/c1-11(23-12-7-8-13(17)14(18)9-12)10-19(2)15(20)5-3-4-6-16(21)22/h7-9,11H,3-6,10H2,1-2H3,(H,21,22). The van der Waals surface area contributed by atoms with Crippen LogP contribution in [0, 0.1) is 0 Å². The number of carboxylic acids is 1. The molecule has 0 radical (unpaired) electrons. The number of halogens is 2. The zero-order valence-electron chi connectivity index (χ0n) is 13.2. The molecule has 5 nitrogen and oxygen atoms in total. The van der Waals surface area contributed by atoms with E-state index in [1.165, 1.54) is 0 Å². The van der Waals surface area contributed by atoms with Crippen molar-refractivity contribution >= 4 is 35.1 Å². The number of hydrogen-bond donors (Lipinski definition) is 1. The molecule has 0 aliphatic rings. The van der Waals surface area contributed by atoms with E-state index in [9.17, 15) is 9.59 Å². The fourth-order valence-corrected chi connectivity index (χ4v) is 2.34. The second-order valence-corrected chi connectivity index (χ2v) is 6.19. The first kappa shape index (κ1) is 19.6. The molecule has 1 rings (SSSR count). The SMILES string of the molecule is CC(CN(C)C(=O)CCCCC(=O)O)Oc1ccc(Cl)c(Cl)c1. The van der Waals surface area contributed by atoms with Gasteiger partial charge in [0, 0.05) is 26.0 Å². The molecular weight excluding hydrogens is 341 g/mol. The first-order valence-electron chi connectivity index (χ1n) is 7.37. The summed E-state index contributed by atoms with van der Waals surface area (Å²) in [4.78, 5) is 24.0. The minimum atomic E-state index is -0.838. The number of ether oxygens (including phenoxy) is 1. The van der Waals surface area contributed by atoms with E-state index in [4.69, 9.17) is 33.0 Å². The number of aliphatic carboxylic acids is 1. The van der Waals surface area contributed by atoms with Crippen LogP contribution in [-0.2, 0) is 9.59 Å². The van der Waals surface area contributed by atoms with Gasteiger partial charge >= 0.3 is 5.97 Å². The number of nitrogens with zero attached hydrogens (tertiary/aromatic N) is 1. The van der Waals surface area contributed by atoms with Gasteiger partial charge in [-0.05, 0) is 31.9 Å². The van der Waals surface area contributed by atoms with Crippen molar-refractivity contribution in [3.63, 3.8) is 0 Å². The van der Waals surface area contributed by atoms with Crippen LogP contribution >= 0.6 is 23.2 Å². The molecule has 0 aromatic heterocycles. The Bertz CT molecular complexity index is 551. The van der Waals surface area contributed by atoms with Crippen LogP contribution in [0.4, 0.5) is 0 Å². The number of likely N-dealkylation sites (N-methyl/N-ethyl adjacent to an activating group) is 1. The molecular formula is C16H21Cl2NO4. The number of carbonyl (C=O) groups excluding carboxylic acids is 1. The molecule has 0 spiro atoms. The normalized spacial score (nSPS) is 11.8. The number of carbonyl (C=O) groups is 2. The minimum Gasteiger partial charge on any atom is -0.489 e. The van der Waals surface area contributed by atoms with Crippen LogP contribution in [0.3, 0.4) is 0 Å². The van der Waals surface area contributed by atoms with Crippen molar-refractivity contribution in [1.29, 1.82) is 0 Å². The first-order valence-corrected chi connectivity index (χ1v) is 8.12. The molecule has 128 valence electrons. The van der Waals surface area contributed by atoms with Gasteiger partial charge in [0.25, 0.3) is 0 Å². The summed E-state index contributed by atoms with van der Waals surface area (Å²) in [7, 11) is 1.70. The van der Waals surface area contributed by atoms with E-state index >= 15 is 0 Å². The highest BCUT2D eigenvalue weighted by molar-refractivity contribution is 6.42. The number of unbranched alkanes of at least 4 members (excludes halogenated alkanes) is 1. The summed E-state index contributed by atoms with van der Waals surface area (Å²) in [6.45, 7) is 2.29. The molecule has 0 aliphatic carbocycles. The highest BCUT2D eigenvalue weighted by Gasteiger charge is 2.14. The molecule has 1 N–H and O–H groups in total. The summed E-state index contributed by atoms with van der Waals surface area (Å²) in [6, 6.07) is 5.01. The zero-order chi connectivity index (χ0) is 17.4. The van der Waals surface area contributed by atoms with Crippen molar-refractivity contribution in [3.8, 4) is 5.75 Å². The summed E-state index contributed by atoms with van der Waals surface area (Å²) in [5.41, 5.74) is 0. The third-order valence-corrected chi connectivity index (χ3v) is 3.96. The third kappa shape index (κ3) is 7.57. The molecule has 7 heteroatoms. The number of benzene rings is 1. The summed E-state index contributed by atoms with van der Waals surface area (Å²) >= 11 is 11.8. The Hall–Kier alpha value is -1.46. The molecule has 1 aromatic carbocycles. The van der Waals surface area contributed by atoms with E-state index in [0.29, 0.717) is 41.6 Å². The van der Waals surface area contributed by atoms with Gasteiger partial charge < -0.3 is 14.7 Å². The fourth-order valence-electron chi connectivity index (χ4n) is 2.05. The molecule has 23 heavy (non-hydrogen) atoms. The van der Waals surface area contributed by atoms with Gasteiger partial charge in [-0.15, -0.1) is 0 Å². The second-order valence-electron chi connectivity index (χ2n) is 5.38. The van der Waals surface area contributed by atoms with E-state index in [1.54, 1.807) is 30.1 Å². The maximum Gasteiger partial charge on any atom is 0.303 e. The topological polar surface area (TPSA) is 66.8 Å². The smallest absolute Gasteiger partial charge is 0.303 e. The van der Waals surface area contributed by atoms with Crippen LogP contribution in [0.15, 0.2) is 18.2 Å². The van der Waals surface area contributed by atoms with Crippen LogP contribution in [-0.4, -0.2) is 41.6 Å². The maximum absolute atomic E-state index is 12.0. The van der Waals surface area contributed by atoms with Crippen LogP contribution < -0.4 is 4.74 Å². The third-order valence-electron chi connectivity index (χ3n) is 3.22. The number of rotatable bonds is 9. The summed E-state index contributed by atoms with van der Waals surface area (Å²) in [5, 5.41) is 9.43. The van der Waals surface area contributed by atoms with Crippen LogP contribution in [0.5, 0.6) is 5.75 Å². The summed E-state index contributed by atoms with van der Waals surface area (Å²) in [6.07, 6.45) is 1.29. The van der Waals surface area contributed by atoms with E-state index in [1.807, 2.05) is 6.92 Å². The van der Waals surface area contributed by atoms with Crippen molar-refractivity contribution in [2.24, 2.45) is 0 Å². The predicted octanol–water partition coefficient (Wildman–Crippen LogP) is 3.86. The molecule has 1 atom stereocenters. The lowest BCUT2D eigenvalue weighted by atomic mass is 10.2. The van der Waals surface area contributed by atoms with Crippen molar-refractivity contribution in [2.75, 3.05) is 13.6 Å². The van der Waals surface area contributed by atoms with Gasteiger partial charge in [-0.1, -0.05) is 23.2 Å². The Labute approximate surface area is 146 Å². The molecule has 0 saturated carbocycles. The lowest BCUT2D eigenvalue weighted by molar-refractivity contribution is -0.137. The van der Waals surface area contributed by atoms with Gasteiger partial charge in [-0.25, -0.2) is 0 Å². The minimum absolute atomic E-state index is 0.0278. The Morgan fingerprint density at radius 3 is 2.48 bits per heavy atom. The highest BCUT2D eigenvalue weighted by Crippen LogP contribution is 2.26. The maximum atomic E-state index is 12.0. The average Bonchev–Trinajstić information content (AvgIpc) is 2.46. The molecule has 0 heterocycles. The average molecular weight is 362 g/mol. The first-order chi connectivity index (χ1) is 10.8. The van der Waals surface area contributed by atoms with Crippen molar-refractivity contribution < 1.29 is 19.4 Å². The summed E-state index contributed by atoms with van der Waals surface area (Å²) in [5.74, 6) is -0.274. The lowest BCUT2D eigenvalue weighted by Crippen LogP contribution is -2.35. The van der Waals surface area contributed by atoms with Gasteiger partial charge in [0.15, 0.2) is 0 Å². The molecule has 0 fully saturated rings. The monoisotopic (exact) mass is 361 g/mol. The van der Waals surface area contributed by atoms with Gasteiger partial charge in [0.05, 0.1) is 16.6 Å². The van der Waals surface area contributed by atoms with E-state index in [-0.39, 0.29) is 18.4 Å². The quantitative estimate of drug-likeness (QED) is 0.678. The van der Waals surface area contributed by atoms with Crippen LogP contribution in [0.1, 0.15) is 32.6 Å². The van der Waals surface area contributed by atoms with E-state index in [0.717, 1.165) is 0 Å². The number of hydrogen-bond acceptors (Lipinski definition) is 3. The molecule has 1 unspecified atom stereocenters.